The number of carbonyl (C=O) groups excluding carboxylic acids is 2. The van der Waals surface area contributed by atoms with Gasteiger partial charge in [-0.1, -0.05) is 108 Å². The summed E-state index contributed by atoms with van der Waals surface area (Å²) in [6.45, 7) is 8.43. The van der Waals surface area contributed by atoms with Gasteiger partial charge in [-0.25, -0.2) is 0 Å². The van der Waals surface area contributed by atoms with Crippen LogP contribution in [-0.2, 0) is 91.1 Å². The largest absolute Gasteiger partial charge is 0.508 e. The molecule has 6 rings (SSSR count). The van der Waals surface area contributed by atoms with Crippen LogP contribution >= 0.6 is 0 Å². The van der Waals surface area contributed by atoms with Crippen LogP contribution in [-0.4, -0.2) is 36.0 Å². The molecule has 2 radical (unpaired) electrons. The van der Waals surface area contributed by atoms with E-state index in [1.807, 2.05) is 61.5 Å². The van der Waals surface area contributed by atoms with Crippen LogP contribution in [0.15, 0.2) is 133 Å². The average molecular weight is 995 g/mol. The second-order valence-corrected chi connectivity index (χ2v) is 13.5. The quantitative estimate of drug-likeness (QED) is 0.0834. The van der Waals surface area contributed by atoms with Crippen molar-refractivity contribution >= 4 is 11.6 Å². The van der Waals surface area contributed by atoms with E-state index in [2.05, 4.69) is 39.0 Å². The number of carbonyl (C=O) groups is 2. The number of ketones is 2. The molecule has 0 aromatic heterocycles. The van der Waals surface area contributed by atoms with Gasteiger partial charge in [0, 0.05) is 78.0 Å². The summed E-state index contributed by atoms with van der Waals surface area (Å²) in [4.78, 5) is 24.6. The fraction of sp³-hybridized carbons (Fsp3) is 0.283. The van der Waals surface area contributed by atoms with Gasteiger partial charge in [0.1, 0.15) is 23.0 Å². The molecule has 0 aliphatic rings. The number of aromatic hydroxyl groups is 2. The minimum Gasteiger partial charge on any atom is -0.508 e. The summed E-state index contributed by atoms with van der Waals surface area (Å²) in [6.07, 6.45) is 7.96. The van der Waals surface area contributed by atoms with E-state index in [1.165, 1.54) is 12.0 Å². The van der Waals surface area contributed by atoms with Crippen molar-refractivity contribution in [3.63, 3.8) is 0 Å². The number of hydrogen-bond acceptors (Lipinski definition) is 6. The summed E-state index contributed by atoms with van der Waals surface area (Å²) < 4.78 is 10.5. The first-order chi connectivity index (χ1) is 28.2. The van der Waals surface area contributed by atoms with Crippen molar-refractivity contribution in [2.45, 2.75) is 86.5 Å². The zero-order valence-electron chi connectivity index (χ0n) is 36.4. The van der Waals surface area contributed by atoms with Crippen molar-refractivity contribution in [1.29, 1.82) is 0 Å². The molecule has 0 aliphatic heterocycles. The Balaban J connectivity index is -0.000000766. The first-order valence-corrected chi connectivity index (χ1v) is 20.1. The van der Waals surface area contributed by atoms with Gasteiger partial charge in [0.2, 0.25) is 0 Å². The summed E-state index contributed by atoms with van der Waals surface area (Å²) in [5, 5.41) is 18.9. The zero-order chi connectivity index (χ0) is 42.1. The summed E-state index contributed by atoms with van der Waals surface area (Å²) in [7, 11) is 3.37. The van der Waals surface area contributed by atoms with Gasteiger partial charge in [-0.2, -0.15) is 60.7 Å². The number of methoxy groups -OCH3 is 2. The number of phenolic OH excluding ortho intramolecular Hbond substituents is 2. The van der Waals surface area contributed by atoms with E-state index in [-0.39, 0.29) is 96.3 Å². The van der Waals surface area contributed by atoms with E-state index in [4.69, 9.17) is 9.47 Å². The summed E-state index contributed by atoms with van der Waals surface area (Å²) in [5.74, 6) is 2.55. The van der Waals surface area contributed by atoms with Gasteiger partial charge < -0.3 is 19.7 Å². The van der Waals surface area contributed by atoms with E-state index < -0.39 is 0 Å². The molecule has 0 saturated carbocycles. The third-order valence-electron chi connectivity index (χ3n) is 9.11. The third kappa shape index (κ3) is 20.0. The molecule has 6 aromatic rings. The fourth-order valence-electron chi connectivity index (χ4n) is 6.16. The Morgan fingerprint density at radius 3 is 1.34 bits per heavy atom. The van der Waals surface area contributed by atoms with E-state index in [1.54, 1.807) is 87.0 Å². The van der Waals surface area contributed by atoms with Crippen molar-refractivity contribution in [2.75, 3.05) is 14.2 Å². The predicted octanol–water partition coefficient (Wildman–Crippen LogP) is 13.1. The molecule has 0 heterocycles. The number of ether oxygens (including phenoxy) is 2. The normalized spacial score (nSPS) is 9.39. The molecule has 0 spiro atoms. The zero-order valence-corrected chi connectivity index (χ0v) is 42.1. The Morgan fingerprint density at radius 2 is 0.855 bits per heavy atom. The number of para-hydroxylation sites is 2. The van der Waals surface area contributed by atoms with Crippen molar-refractivity contribution in [3.8, 4) is 23.0 Å². The summed E-state index contributed by atoms with van der Waals surface area (Å²) >= 11 is 0. The van der Waals surface area contributed by atoms with Gasteiger partial charge in [0.25, 0.3) is 0 Å². The van der Waals surface area contributed by atoms with Gasteiger partial charge >= 0.3 is 0 Å². The maximum atomic E-state index is 12.3. The molecule has 6 aromatic carbocycles. The third-order valence-corrected chi connectivity index (χ3v) is 9.11. The molecule has 62 heavy (non-hydrogen) atoms. The van der Waals surface area contributed by atoms with Crippen LogP contribution in [0.3, 0.4) is 0 Å². The SMILES string of the molecule is C.CCCc1cc(C(=O)c2cc[c-]cc2)ccc1O.CCCc1cc(C(=O)c2cc[c-]cc2)ccc1OC.CCCc1ccccc1O.CCCc1ccccc1OC.F.[HH].[Y].[Y]. The average Bonchev–Trinajstić information content (AvgIpc) is 3.26. The molecular weight excluding hydrogens is 929 g/mol. The van der Waals surface area contributed by atoms with Crippen molar-refractivity contribution in [3.05, 3.63) is 190 Å². The molecule has 0 saturated heterocycles. The second-order valence-electron chi connectivity index (χ2n) is 13.5. The minimum absolute atomic E-state index is 0. The standard InChI is InChI=1S/C17H17O2.C16H15O2.C10H14O.C9H12O.CH4.FH.2Y.H2/c1-3-7-14-12-15(10-11-16(14)19-2)17(18)13-8-5-4-6-9-13;1-2-6-13-11-14(9-10-15(13)17)16(18)12-7-4-3-5-8-12;1-3-6-9-7-4-5-8-10(9)11-2;1-2-5-8-6-3-4-7-9(8)10;;;;;/h5-6,8-12H,3,7H2,1-2H3;4-5,7-11,17H,2,6H2,1H3;4-5,7-8H,3,6H2,1-2H3;3-4,6-7,10H,2,5H2,1H3;1H4;1H;;;1H/q2*-1;;;;;;;. The van der Waals surface area contributed by atoms with Crippen molar-refractivity contribution < 1.29 is 101 Å². The Kier molecular flexibility index (Phi) is 33.4. The van der Waals surface area contributed by atoms with Crippen molar-refractivity contribution in [2.24, 2.45) is 0 Å². The molecule has 0 fully saturated rings. The van der Waals surface area contributed by atoms with Crippen LogP contribution in [0.4, 0.5) is 4.70 Å². The Morgan fingerprint density at radius 1 is 0.484 bits per heavy atom. The van der Waals surface area contributed by atoms with E-state index in [0.717, 1.165) is 73.1 Å². The van der Waals surface area contributed by atoms with Crippen LogP contribution < -0.4 is 9.47 Å². The van der Waals surface area contributed by atoms with Gasteiger partial charge in [0.05, 0.1) is 14.2 Å². The van der Waals surface area contributed by atoms with Crippen LogP contribution in [0.5, 0.6) is 23.0 Å². The number of aryl methyl sites for hydroxylation is 4. The molecule has 0 unspecified atom stereocenters. The van der Waals surface area contributed by atoms with Gasteiger partial charge in [-0.15, -0.1) is 0 Å². The number of rotatable bonds is 14. The first-order valence-electron chi connectivity index (χ1n) is 20.1. The first kappa shape index (κ1) is 60.1. The minimum atomic E-state index is -0.0265. The number of benzene rings is 6. The van der Waals surface area contributed by atoms with Crippen LogP contribution in [0.1, 0.15) is 116 Å². The smallest absolute Gasteiger partial charge is 0.169 e. The summed E-state index contributed by atoms with van der Waals surface area (Å²) in [5.41, 5.74) is 6.90. The molecule has 328 valence electrons. The van der Waals surface area contributed by atoms with Gasteiger partial charge in [-0.05, 0) is 96.5 Å². The second kappa shape index (κ2) is 34.5. The Hall–Kier alpha value is -4.00. The molecule has 6 nitrogen and oxygen atoms in total. The van der Waals surface area contributed by atoms with E-state index >= 15 is 0 Å². The molecule has 2 N–H and O–H groups in total. The van der Waals surface area contributed by atoms with E-state index in [9.17, 15) is 19.8 Å². The summed E-state index contributed by atoms with van der Waals surface area (Å²) in [6, 6.07) is 46.1. The molecule has 0 bridgehead atoms. The number of hydrogen-bond donors (Lipinski definition) is 2. The predicted molar refractivity (Wildman–Crippen MR) is 247 cm³/mol. The number of phenols is 2. The van der Waals surface area contributed by atoms with Crippen LogP contribution in [0.2, 0.25) is 0 Å². The topological polar surface area (TPSA) is 93.1 Å². The van der Waals surface area contributed by atoms with Gasteiger partial charge in [0.15, 0.2) is 11.6 Å². The Bertz CT molecular complexity index is 2130. The molecule has 0 atom stereocenters. The van der Waals surface area contributed by atoms with E-state index in [0.29, 0.717) is 28.0 Å². The van der Waals surface area contributed by atoms with Crippen molar-refractivity contribution in [1.82, 2.24) is 0 Å². The monoisotopic (exact) mass is 994 g/mol. The maximum absolute atomic E-state index is 12.3. The molecule has 0 aliphatic carbocycles. The molecule has 0 amide bonds. The van der Waals surface area contributed by atoms with Crippen LogP contribution in [0.25, 0.3) is 0 Å². The van der Waals surface area contributed by atoms with Crippen LogP contribution in [0, 0.1) is 12.1 Å². The fourth-order valence-corrected chi connectivity index (χ4v) is 6.16. The molecular formula is C53H65FO6Y2-2. The maximum Gasteiger partial charge on any atom is 0.169 e. The molecule has 9 heteroatoms. The van der Waals surface area contributed by atoms with Gasteiger partial charge in [-0.3, -0.25) is 14.3 Å². The Labute approximate surface area is 422 Å². The number of halogens is 1.